The Labute approximate surface area is 167 Å². The highest BCUT2D eigenvalue weighted by Crippen LogP contribution is 2.51. The lowest BCUT2D eigenvalue weighted by atomic mass is 9.85. The van der Waals surface area contributed by atoms with Gasteiger partial charge in [0.05, 0.1) is 22.4 Å². The van der Waals surface area contributed by atoms with Gasteiger partial charge < -0.3 is 5.11 Å². The number of thioether (sulfide) groups is 1. The number of halogens is 1. The number of carbonyl (C=O) groups excluding carboxylic acids is 1. The van der Waals surface area contributed by atoms with Gasteiger partial charge in [0.1, 0.15) is 0 Å². The minimum absolute atomic E-state index is 0.126. The lowest BCUT2D eigenvalue weighted by Gasteiger charge is -2.38. The molecule has 2 unspecified atom stereocenters. The Morgan fingerprint density at radius 3 is 2.70 bits per heavy atom. The van der Waals surface area contributed by atoms with E-state index in [9.17, 15) is 15.2 Å². The fourth-order valence-electron chi connectivity index (χ4n) is 3.67. The molecule has 4 nitrogen and oxygen atoms in total. The van der Waals surface area contributed by atoms with Crippen LogP contribution in [0.3, 0.4) is 0 Å². The van der Waals surface area contributed by atoms with Crippen LogP contribution in [0.4, 0.5) is 0 Å². The largest absolute Gasteiger partial charge is 0.366 e. The molecule has 1 amide bonds. The van der Waals surface area contributed by atoms with Gasteiger partial charge in [-0.2, -0.15) is 5.26 Å². The van der Waals surface area contributed by atoms with Crippen LogP contribution in [0, 0.1) is 18.3 Å². The number of allylic oxidation sites excluding steroid dienone is 1. The highest BCUT2D eigenvalue weighted by atomic mass is 35.5. The zero-order valence-electron chi connectivity index (χ0n) is 14.6. The molecule has 2 aromatic carbocycles. The van der Waals surface area contributed by atoms with Crippen molar-refractivity contribution in [3.05, 3.63) is 80.8 Å². The third kappa shape index (κ3) is 2.94. The highest BCUT2D eigenvalue weighted by molar-refractivity contribution is 8.03. The summed E-state index contributed by atoms with van der Waals surface area (Å²) in [5.74, 6) is -0.243. The molecule has 0 spiro atoms. The topological polar surface area (TPSA) is 64.3 Å². The Hall–Kier alpha value is -2.26. The number of nitrogens with zero attached hydrogens (tertiary/aromatic N) is 2. The molecular weight excluding hydrogens is 380 g/mol. The van der Waals surface area contributed by atoms with E-state index in [-0.39, 0.29) is 18.2 Å². The Bertz CT molecular complexity index is 996. The number of aryl methyl sites for hydroxylation is 1. The molecule has 136 valence electrons. The molecule has 0 aromatic heterocycles. The first kappa shape index (κ1) is 18.1. The van der Waals surface area contributed by atoms with Crippen molar-refractivity contribution in [2.75, 3.05) is 5.75 Å². The first-order valence-corrected chi connectivity index (χ1v) is 9.95. The number of hydrogen-bond donors (Lipinski definition) is 1. The lowest BCUT2D eigenvalue weighted by Crippen LogP contribution is -2.48. The number of nitriles is 1. The maximum Gasteiger partial charge on any atom is 0.231 e. The maximum atomic E-state index is 13.0. The average molecular weight is 397 g/mol. The smallest absolute Gasteiger partial charge is 0.231 e. The van der Waals surface area contributed by atoms with Crippen LogP contribution in [0.15, 0.2) is 59.1 Å². The van der Waals surface area contributed by atoms with E-state index >= 15 is 0 Å². The van der Waals surface area contributed by atoms with Crippen molar-refractivity contribution in [2.45, 2.75) is 25.0 Å². The van der Waals surface area contributed by atoms with E-state index in [0.717, 1.165) is 11.1 Å². The second-order valence-corrected chi connectivity index (χ2v) is 8.24. The van der Waals surface area contributed by atoms with Crippen molar-refractivity contribution in [3.8, 4) is 6.07 Å². The number of carbonyl (C=O) groups is 1. The molecule has 2 atom stereocenters. The summed E-state index contributed by atoms with van der Waals surface area (Å²) in [6.07, 6.45) is 0.126. The van der Waals surface area contributed by atoms with Crippen LogP contribution in [0.1, 0.15) is 29.0 Å². The summed E-state index contributed by atoms with van der Waals surface area (Å²) in [5.41, 5.74) is 1.64. The first-order chi connectivity index (χ1) is 12.9. The molecule has 2 aromatic rings. The molecule has 27 heavy (non-hydrogen) atoms. The summed E-state index contributed by atoms with van der Waals surface area (Å²) in [6.45, 7) is 1.97. The van der Waals surface area contributed by atoms with Gasteiger partial charge in [-0.05, 0) is 24.6 Å². The molecule has 0 bridgehead atoms. The molecule has 2 aliphatic rings. The van der Waals surface area contributed by atoms with Crippen LogP contribution in [-0.2, 0) is 10.5 Å². The van der Waals surface area contributed by atoms with Crippen LogP contribution >= 0.6 is 23.4 Å². The van der Waals surface area contributed by atoms with Crippen LogP contribution in [0.25, 0.3) is 0 Å². The average Bonchev–Trinajstić information content (AvgIpc) is 3.01. The van der Waals surface area contributed by atoms with Gasteiger partial charge in [0.15, 0.2) is 5.72 Å². The standard InChI is InChI=1S/C21H17ClN2O2S/c1-13-5-7-15(8-6-13)21(26)12-27-20-18(11-23)17(10-19(25)24(20)21)14-3-2-4-16(22)9-14/h2-9,17,26H,10,12H2,1H3. The summed E-state index contributed by atoms with van der Waals surface area (Å²) >= 11 is 7.45. The third-order valence-corrected chi connectivity index (χ3v) is 6.53. The van der Waals surface area contributed by atoms with Gasteiger partial charge in [-0.3, -0.25) is 9.69 Å². The minimum atomic E-state index is -1.44. The van der Waals surface area contributed by atoms with Gasteiger partial charge in [0.25, 0.3) is 0 Å². The molecule has 1 fully saturated rings. The van der Waals surface area contributed by atoms with E-state index in [2.05, 4.69) is 6.07 Å². The monoisotopic (exact) mass is 396 g/mol. The zero-order valence-corrected chi connectivity index (χ0v) is 16.2. The van der Waals surface area contributed by atoms with Gasteiger partial charge in [0, 0.05) is 22.9 Å². The van der Waals surface area contributed by atoms with E-state index < -0.39 is 5.72 Å². The minimum Gasteiger partial charge on any atom is -0.366 e. The summed E-state index contributed by atoms with van der Waals surface area (Å²) in [4.78, 5) is 14.4. The summed E-state index contributed by atoms with van der Waals surface area (Å²) in [6, 6.07) is 17.0. The van der Waals surface area contributed by atoms with Crippen LogP contribution in [-0.4, -0.2) is 21.7 Å². The number of hydrogen-bond acceptors (Lipinski definition) is 4. The van der Waals surface area contributed by atoms with E-state index in [4.69, 9.17) is 11.6 Å². The zero-order chi connectivity index (χ0) is 19.2. The van der Waals surface area contributed by atoms with Crippen LogP contribution in [0.2, 0.25) is 5.02 Å². The van der Waals surface area contributed by atoms with Crippen LogP contribution < -0.4 is 0 Å². The number of rotatable bonds is 2. The molecule has 0 radical (unpaired) electrons. The summed E-state index contributed by atoms with van der Waals surface area (Å²) in [7, 11) is 0. The number of benzene rings is 2. The Morgan fingerprint density at radius 1 is 1.30 bits per heavy atom. The lowest BCUT2D eigenvalue weighted by molar-refractivity contribution is -0.149. The molecule has 1 saturated heterocycles. The molecule has 0 saturated carbocycles. The summed E-state index contributed by atoms with van der Waals surface area (Å²) < 4.78 is 0. The molecule has 2 aliphatic heterocycles. The second kappa shape index (κ2) is 6.72. The molecule has 4 rings (SSSR count). The number of fused-ring (bicyclic) bond motifs is 1. The highest BCUT2D eigenvalue weighted by Gasteiger charge is 2.51. The van der Waals surface area contributed by atoms with Gasteiger partial charge in [-0.1, -0.05) is 53.6 Å². The Kier molecular flexibility index (Phi) is 4.51. The predicted molar refractivity (Wildman–Crippen MR) is 106 cm³/mol. The van der Waals surface area contributed by atoms with Crippen molar-refractivity contribution in [1.82, 2.24) is 4.90 Å². The normalized spacial score (nSPS) is 24.7. The van der Waals surface area contributed by atoms with Crippen molar-refractivity contribution < 1.29 is 9.90 Å². The second-order valence-electron chi connectivity index (χ2n) is 6.84. The Morgan fingerprint density at radius 2 is 2.04 bits per heavy atom. The van der Waals surface area contributed by atoms with E-state index in [1.165, 1.54) is 16.7 Å². The van der Waals surface area contributed by atoms with Crippen molar-refractivity contribution in [2.24, 2.45) is 0 Å². The molecule has 6 heteroatoms. The number of aliphatic hydroxyl groups is 1. The summed E-state index contributed by atoms with van der Waals surface area (Å²) in [5, 5.41) is 22.3. The maximum absolute atomic E-state index is 13.0. The van der Waals surface area contributed by atoms with Gasteiger partial charge in [-0.25, -0.2) is 0 Å². The molecular formula is C21H17ClN2O2S. The number of amides is 1. The van der Waals surface area contributed by atoms with E-state index in [0.29, 0.717) is 26.9 Å². The van der Waals surface area contributed by atoms with Crippen molar-refractivity contribution in [1.29, 1.82) is 5.26 Å². The Balaban J connectivity index is 1.81. The fourth-order valence-corrected chi connectivity index (χ4v) is 5.23. The quantitative estimate of drug-likeness (QED) is 0.822. The fraction of sp³-hybridized carbons (Fsp3) is 0.238. The molecule has 0 aliphatic carbocycles. The van der Waals surface area contributed by atoms with Crippen molar-refractivity contribution >= 4 is 29.3 Å². The van der Waals surface area contributed by atoms with Crippen molar-refractivity contribution in [3.63, 3.8) is 0 Å². The molecule has 1 N–H and O–H groups in total. The van der Waals surface area contributed by atoms with Gasteiger partial charge in [0.2, 0.25) is 5.91 Å². The van der Waals surface area contributed by atoms with Crippen LogP contribution in [0.5, 0.6) is 0 Å². The predicted octanol–water partition coefficient (Wildman–Crippen LogP) is 4.29. The van der Waals surface area contributed by atoms with Gasteiger partial charge >= 0.3 is 0 Å². The molecule has 2 heterocycles. The SMILES string of the molecule is Cc1ccc(C2(O)CSC3=C(C#N)C(c4cccc(Cl)c4)CC(=O)N32)cc1. The van der Waals surface area contributed by atoms with Gasteiger partial charge in [-0.15, -0.1) is 11.8 Å². The van der Waals surface area contributed by atoms with E-state index in [1.54, 1.807) is 12.1 Å². The van der Waals surface area contributed by atoms with E-state index in [1.807, 2.05) is 43.3 Å². The third-order valence-electron chi connectivity index (χ3n) is 5.08. The first-order valence-electron chi connectivity index (χ1n) is 8.59.